The summed E-state index contributed by atoms with van der Waals surface area (Å²) in [7, 11) is 0. The van der Waals surface area contributed by atoms with Crippen molar-refractivity contribution < 1.29 is 4.79 Å². The SMILES string of the molecule is C=CCCCCCCc1ccc(C=O)cc1. The maximum absolute atomic E-state index is 10.5. The van der Waals surface area contributed by atoms with E-state index in [1.807, 2.05) is 30.3 Å². The van der Waals surface area contributed by atoms with Gasteiger partial charge in [0, 0.05) is 5.56 Å². The van der Waals surface area contributed by atoms with E-state index < -0.39 is 0 Å². The molecule has 0 fully saturated rings. The topological polar surface area (TPSA) is 17.1 Å². The number of allylic oxidation sites excluding steroid dienone is 1. The molecule has 0 unspecified atom stereocenters. The zero-order chi connectivity index (χ0) is 11.6. The molecule has 1 aromatic rings. The molecule has 0 heterocycles. The third kappa shape index (κ3) is 4.92. The predicted octanol–water partition coefficient (Wildman–Crippen LogP) is 4.18. The molecule has 0 spiro atoms. The smallest absolute Gasteiger partial charge is 0.150 e. The number of benzene rings is 1. The normalized spacial score (nSPS) is 10.0. The van der Waals surface area contributed by atoms with E-state index in [1.165, 1.54) is 31.2 Å². The summed E-state index contributed by atoms with van der Waals surface area (Å²) in [5, 5.41) is 0. The van der Waals surface area contributed by atoms with Crippen molar-refractivity contribution in [2.45, 2.75) is 38.5 Å². The van der Waals surface area contributed by atoms with Crippen molar-refractivity contribution in [1.29, 1.82) is 0 Å². The standard InChI is InChI=1S/C15H20O/c1-2-3-4-5-6-7-8-14-9-11-15(13-16)12-10-14/h2,9-13H,1,3-8H2. The minimum atomic E-state index is 0.759. The van der Waals surface area contributed by atoms with Crippen LogP contribution in [0, 0.1) is 0 Å². The van der Waals surface area contributed by atoms with E-state index in [0.717, 1.165) is 24.7 Å². The first-order chi connectivity index (χ1) is 7.86. The van der Waals surface area contributed by atoms with Crippen LogP contribution in [0.4, 0.5) is 0 Å². The van der Waals surface area contributed by atoms with Crippen LogP contribution in [0.2, 0.25) is 0 Å². The lowest BCUT2D eigenvalue weighted by molar-refractivity contribution is 0.112. The Morgan fingerprint density at radius 3 is 2.31 bits per heavy atom. The van der Waals surface area contributed by atoms with E-state index in [1.54, 1.807) is 0 Å². The average molecular weight is 216 g/mol. The summed E-state index contributed by atoms with van der Waals surface area (Å²) in [5.41, 5.74) is 2.09. The first-order valence-corrected chi connectivity index (χ1v) is 6.02. The number of unbranched alkanes of at least 4 members (excludes halogenated alkanes) is 4. The average Bonchev–Trinajstić information content (AvgIpc) is 2.34. The van der Waals surface area contributed by atoms with Gasteiger partial charge in [0.1, 0.15) is 6.29 Å². The molecule has 0 atom stereocenters. The maximum Gasteiger partial charge on any atom is 0.150 e. The Kier molecular flexibility index (Phi) is 6.24. The Balaban J connectivity index is 2.16. The molecular formula is C15H20O. The largest absolute Gasteiger partial charge is 0.298 e. The van der Waals surface area contributed by atoms with E-state index in [0.29, 0.717) is 0 Å². The Hall–Kier alpha value is -1.37. The third-order valence-corrected chi connectivity index (χ3v) is 2.74. The van der Waals surface area contributed by atoms with Gasteiger partial charge in [-0.3, -0.25) is 4.79 Å². The van der Waals surface area contributed by atoms with Gasteiger partial charge in [-0.05, 0) is 31.2 Å². The molecule has 0 saturated heterocycles. The Morgan fingerprint density at radius 2 is 1.69 bits per heavy atom. The van der Waals surface area contributed by atoms with Crippen molar-refractivity contribution in [3.63, 3.8) is 0 Å². The summed E-state index contributed by atoms with van der Waals surface area (Å²) in [4.78, 5) is 10.5. The van der Waals surface area contributed by atoms with Crippen LogP contribution in [-0.4, -0.2) is 6.29 Å². The van der Waals surface area contributed by atoms with Crippen molar-refractivity contribution in [1.82, 2.24) is 0 Å². The molecule has 1 rings (SSSR count). The highest BCUT2D eigenvalue weighted by Gasteiger charge is 1.94. The van der Waals surface area contributed by atoms with Gasteiger partial charge in [-0.2, -0.15) is 0 Å². The number of carbonyl (C=O) groups is 1. The van der Waals surface area contributed by atoms with E-state index in [-0.39, 0.29) is 0 Å². The molecule has 1 aromatic carbocycles. The summed E-state index contributed by atoms with van der Waals surface area (Å²) in [5.74, 6) is 0. The third-order valence-electron chi connectivity index (χ3n) is 2.74. The highest BCUT2D eigenvalue weighted by atomic mass is 16.1. The predicted molar refractivity (Wildman–Crippen MR) is 68.8 cm³/mol. The van der Waals surface area contributed by atoms with Gasteiger partial charge in [-0.15, -0.1) is 6.58 Å². The van der Waals surface area contributed by atoms with Gasteiger partial charge in [-0.25, -0.2) is 0 Å². The van der Waals surface area contributed by atoms with Gasteiger partial charge >= 0.3 is 0 Å². The number of rotatable bonds is 8. The quantitative estimate of drug-likeness (QED) is 0.362. The lowest BCUT2D eigenvalue weighted by atomic mass is 10.0. The van der Waals surface area contributed by atoms with Gasteiger partial charge < -0.3 is 0 Å². The zero-order valence-electron chi connectivity index (χ0n) is 9.82. The first-order valence-electron chi connectivity index (χ1n) is 6.02. The molecule has 1 heteroatoms. The van der Waals surface area contributed by atoms with E-state index >= 15 is 0 Å². The first kappa shape index (κ1) is 12.7. The Bertz CT molecular complexity index is 311. The number of aryl methyl sites for hydroxylation is 1. The molecule has 0 radical (unpaired) electrons. The zero-order valence-corrected chi connectivity index (χ0v) is 9.82. The minimum absolute atomic E-state index is 0.759. The molecular weight excluding hydrogens is 196 g/mol. The molecule has 0 N–H and O–H groups in total. The molecule has 1 nitrogen and oxygen atoms in total. The van der Waals surface area contributed by atoms with Crippen LogP contribution in [0.5, 0.6) is 0 Å². The van der Waals surface area contributed by atoms with Crippen LogP contribution < -0.4 is 0 Å². The number of carbonyl (C=O) groups excluding carboxylic acids is 1. The highest BCUT2D eigenvalue weighted by Crippen LogP contribution is 2.09. The van der Waals surface area contributed by atoms with Crippen LogP contribution in [0.1, 0.15) is 48.0 Å². The second-order valence-corrected chi connectivity index (χ2v) is 4.10. The molecule has 0 amide bonds. The fraction of sp³-hybridized carbons (Fsp3) is 0.400. The van der Waals surface area contributed by atoms with Crippen LogP contribution in [0.3, 0.4) is 0 Å². The van der Waals surface area contributed by atoms with Gasteiger partial charge in [-0.1, -0.05) is 43.2 Å². The Morgan fingerprint density at radius 1 is 1.00 bits per heavy atom. The van der Waals surface area contributed by atoms with Crippen LogP contribution >= 0.6 is 0 Å². The van der Waals surface area contributed by atoms with Gasteiger partial charge in [0.05, 0.1) is 0 Å². The number of hydrogen-bond donors (Lipinski definition) is 0. The summed E-state index contributed by atoms with van der Waals surface area (Å²) in [6.45, 7) is 3.71. The van der Waals surface area contributed by atoms with E-state index in [4.69, 9.17) is 0 Å². The molecule has 0 bridgehead atoms. The van der Waals surface area contributed by atoms with Crippen LogP contribution in [0.15, 0.2) is 36.9 Å². The van der Waals surface area contributed by atoms with Crippen LogP contribution in [-0.2, 0) is 6.42 Å². The number of aldehydes is 1. The highest BCUT2D eigenvalue weighted by molar-refractivity contribution is 5.74. The van der Waals surface area contributed by atoms with Crippen molar-refractivity contribution in [2.24, 2.45) is 0 Å². The molecule has 0 saturated carbocycles. The van der Waals surface area contributed by atoms with Crippen molar-refractivity contribution in [3.8, 4) is 0 Å². The summed E-state index contributed by atoms with van der Waals surface area (Å²) in [6, 6.07) is 7.88. The summed E-state index contributed by atoms with van der Waals surface area (Å²) < 4.78 is 0. The molecule has 16 heavy (non-hydrogen) atoms. The fourth-order valence-electron chi connectivity index (χ4n) is 1.73. The fourth-order valence-corrected chi connectivity index (χ4v) is 1.73. The van der Waals surface area contributed by atoms with Gasteiger partial charge in [0.15, 0.2) is 0 Å². The lowest BCUT2D eigenvalue weighted by Crippen LogP contribution is -1.87. The number of hydrogen-bond acceptors (Lipinski definition) is 1. The molecule has 0 aromatic heterocycles. The van der Waals surface area contributed by atoms with Gasteiger partial charge in [0.2, 0.25) is 0 Å². The van der Waals surface area contributed by atoms with Crippen molar-refractivity contribution >= 4 is 6.29 Å². The molecule has 0 aliphatic rings. The molecule has 0 aliphatic heterocycles. The monoisotopic (exact) mass is 216 g/mol. The maximum atomic E-state index is 10.5. The Labute approximate surface area is 98.2 Å². The van der Waals surface area contributed by atoms with Gasteiger partial charge in [0.25, 0.3) is 0 Å². The van der Waals surface area contributed by atoms with Crippen molar-refractivity contribution in [2.75, 3.05) is 0 Å². The molecule has 86 valence electrons. The second-order valence-electron chi connectivity index (χ2n) is 4.10. The second kappa shape index (κ2) is 7.86. The molecule has 0 aliphatic carbocycles. The van der Waals surface area contributed by atoms with E-state index in [2.05, 4.69) is 6.58 Å². The van der Waals surface area contributed by atoms with E-state index in [9.17, 15) is 4.79 Å². The van der Waals surface area contributed by atoms with Crippen molar-refractivity contribution in [3.05, 3.63) is 48.0 Å². The minimum Gasteiger partial charge on any atom is -0.298 e. The van der Waals surface area contributed by atoms with Crippen LogP contribution in [0.25, 0.3) is 0 Å². The summed E-state index contributed by atoms with van der Waals surface area (Å²) in [6.07, 6.45) is 10.2. The summed E-state index contributed by atoms with van der Waals surface area (Å²) >= 11 is 0. The lowest BCUT2D eigenvalue weighted by Gasteiger charge is -2.01.